The van der Waals surface area contributed by atoms with Crippen molar-refractivity contribution in [1.29, 1.82) is 0 Å². The third-order valence-corrected chi connectivity index (χ3v) is 6.29. The Hall–Kier alpha value is -2.77. The lowest BCUT2D eigenvalue weighted by atomic mass is 10.0. The van der Waals surface area contributed by atoms with Crippen molar-refractivity contribution in [2.45, 2.75) is 38.2 Å². The van der Waals surface area contributed by atoms with Crippen molar-refractivity contribution in [3.05, 3.63) is 59.4 Å². The maximum atomic E-state index is 12.9. The number of para-hydroxylation sites is 1. The third-order valence-electron chi connectivity index (χ3n) is 4.90. The average Bonchev–Trinajstić information content (AvgIpc) is 3.30. The van der Waals surface area contributed by atoms with Crippen LogP contribution in [-0.2, 0) is 10.7 Å². The monoisotopic (exact) mass is 393 g/mol. The predicted octanol–water partition coefficient (Wildman–Crippen LogP) is 5.36. The summed E-state index contributed by atoms with van der Waals surface area (Å²) in [6, 6.07) is 12.5. The van der Waals surface area contributed by atoms with Gasteiger partial charge < -0.3 is 5.32 Å². The molecule has 2 aromatic heterocycles. The number of benzene rings is 1. The van der Waals surface area contributed by atoms with Crippen LogP contribution in [0.4, 0.5) is 16.3 Å². The SMILES string of the molecule is Cc1nc(C2([O])CCCC2)sc1-c1ccc(NC(=O)Nc2ccccc2)nc1. The van der Waals surface area contributed by atoms with Crippen LogP contribution in [0.5, 0.6) is 0 Å². The molecule has 2 N–H and O–H groups in total. The van der Waals surface area contributed by atoms with E-state index in [2.05, 4.69) is 20.6 Å². The number of pyridine rings is 1. The molecule has 0 unspecified atom stereocenters. The standard InChI is InChI=1S/C21H21N4O2S/c1-14-18(28-19(23-14)21(27)11-5-6-12-21)15-9-10-17(22-13-15)25-20(26)24-16-7-3-2-4-8-16/h2-4,7-10,13H,5-6,11-12H2,1H3,(H2,22,24,25,26). The molecule has 1 fully saturated rings. The summed E-state index contributed by atoms with van der Waals surface area (Å²) in [5, 5.41) is 19.1. The number of aromatic nitrogens is 2. The fraction of sp³-hybridized carbons (Fsp3) is 0.286. The number of anilines is 2. The molecule has 4 rings (SSSR count). The molecule has 28 heavy (non-hydrogen) atoms. The normalized spacial score (nSPS) is 15.4. The number of nitrogens with zero attached hydrogens (tertiary/aromatic N) is 2. The van der Waals surface area contributed by atoms with Gasteiger partial charge in [-0.15, -0.1) is 11.3 Å². The van der Waals surface area contributed by atoms with Crippen molar-refractivity contribution in [2.75, 3.05) is 10.6 Å². The quantitative estimate of drug-likeness (QED) is 0.626. The van der Waals surface area contributed by atoms with Crippen molar-refractivity contribution >= 4 is 28.9 Å². The zero-order valence-electron chi connectivity index (χ0n) is 15.6. The average molecular weight is 393 g/mol. The van der Waals surface area contributed by atoms with Crippen LogP contribution in [0.25, 0.3) is 10.4 Å². The maximum Gasteiger partial charge on any atom is 0.324 e. The molecule has 0 aliphatic heterocycles. The maximum absolute atomic E-state index is 12.9. The van der Waals surface area contributed by atoms with Crippen LogP contribution in [0, 0.1) is 6.92 Å². The molecule has 1 saturated carbocycles. The molecule has 143 valence electrons. The lowest BCUT2D eigenvalue weighted by Gasteiger charge is -2.14. The van der Waals surface area contributed by atoms with E-state index in [1.807, 2.05) is 43.3 Å². The Kier molecular flexibility index (Phi) is 5.11. The highest BCUT2D eigenvalue weighted by Gasteiger charge is 2.38. The number of aryl methyl sites for hydroxylation is 1. The number of carbonyl (C=O) groups excluding carboxylic acids is 1. The van der Waals surface area contributed by atoms with E-state index in [1.165, 1.54) is 11.3 Å². The Bertz CT molecular complexity index is 964. The van der Waals surface area contributed by atoms with Crippen molar-refractivity contribution in [3.63, 3.8) is 0 Å². The minimum absolute atomic E-state index is 0.350. The zero-order chi connectivity index (χ0) is 19.6. The van der Waals surface area contributed by atoms with Gasteiger partial charge in [0, 0.05) is 17.4 Å². The van der Waals surface area contributed by atoms with Gasteiger partial charge >= 0.3 is 6.03 Å². The molecule has 1 aliphatic rings. The minimum atomic E-state index is -1.03. The second-order valence-corrected chi connectivity index (χ2v) is 8.01. The van der Waals surface area contributed by atoms with Gasteiger partial charge in [0.05, 0.1) is 10.6 Å². The molecule has 1 aromatic carbocycles. The van der Waals surface area contributed by atoms with E-state index in [1.54, 1.807) is 12.3 Å². The lowest BCUT2D eigenvalue weighted by Crippen LogP contribution is -2.19. The highest BCUT2D eigenvalue weighted by atomic mass is 32.1. The van der Waals surface area contributed by atoms with Gasteiger partial charge in [-0.3, -0.25) is 5.32 Å². The Labute approximate surface area is 167 Å². The summed E-state index contributed by atoms with van der Waals surface area (Å²) in [7, 11) is 0. The van der Waals surface area contributed by atoms with Crippen molar-refractivity contribution in [2.24, 2.45) is 0 Å². The van der Waals surface area contributed by atoms with Gasteiger partial charge in [-0.05, 0) is 56.9 Å². The molecule has 1 radical (unpaired) electrons. The van der Waals surface area contributed by atoms with Gasteiger partial charge in [-0.1, -0.05) is 18.2 Å². The number of thiazole rings is 1. The molecule has 3 aromatic rings. The minimum Gasteiger partial charge on any atom is -0.308 e. The largest absolute Gasteiger partial charge is 0.324 e. The first-order chi connectivity index (χ1) is 13.5. The van der Waals surface area contributed by atoms with Crippen LogP contribution in [0.1, 0.15) is 36.4 Å². The molecular formula is C21H21N4O2S. The Morgan fingerprint density at radius 3 is 2.50 bits per heavy atom. The summed E-state index contributed by atoms with van der Waals surface area (Å²) in [6.45, 7) is 1.92. The van der Waals surface area contributed by atoms with Gasteiger partial charge in [0.15, 0.2) is 5.60 Å². The van der Waals surface area contributed by atoms with E-state index in [0.717, 1.165) is 29.0 Å². The predicted molar refractivity (Wildman–Crippen MR) is 110 cm³/mol. The molecule has 7 heteroatoms. The molecule has 0 saturated heterocycles. The van der Waals surface area contributed by atoms with Gasteiger partial charge in [-0.25, -0.2) is 19.9 Å². The highest BCUT2D eigenvalue weighted by molar-refractivity contribution is 7.15. The second kappa shape index (κ2) is 7.69. The van der Waals surface area contributed by atoms with E-state index in [4.69, 9.17) is 0 Å². The van der Waals surface area contributed by atoms with Gasteiger partial charge in [-0.2, -0.15) is 0 Å². The first-order valence-corrected chi connectivity index (χ1v) is 10.1. The summed E-state index contributed by atoms with van der Waals surface area (Å²) in [6.07, 6.45) is 4.98. The van der Waals surface area contributed by atoms with Crippen LogP contribution < -0.4 is 10.6 Å². The smallest absolute Gasteiger partial charge is 0.308 e. The van der Waals surface area contributed by atoms with E-state index in [0.29, 0.717) is 29.4 Å². The molecule has 6 nitrogen and oxygen atoms in total. The molecule has 2 heterocycles. The summed E-state index contributed by atoms with van der Waals surface area (Å²) in [4.78, 5) is 21.9. The van der Waals surface area contributed by atoms with E-state index >= 15 is 0 Å². The summed E-state index contributed by atoms with van der Waals surface area (Å²) in [5.41, 5.74) is 1.43. The fourth-order valence-corrected chi connectivity index (χ4v) is 4.62. The van der Waals surface area contributed by atoms with Crippen LogP contribution in [-0.4, -0.2) is 16.0 Å². The Balaban J connectivity index is 1.46. The summed E-state index contributed by atoms with van der Waals surface area (Å²) >= 11 is 1.47. The third kappa shape index (κ3) is 3.90. The van der Waals surface area contributed by atoms with Gasteiger partial charge in [0.1, 0.15) is 10.8 Å². The van der Waals surface area contributed by atoms with Crippen molar-refractivity contribution in [3.8, 4) is 10.4 Å². The first kappa shape index (κ1) is 18.6. The Morgan fingerprint density at radius 1 is 1.07 bits per heavy atom. The number of urea groups is 1. The number of hydrogen-bond donors (Lipinski definition) is 2. The second-order valence-electron chi connectivity index (χ2n) is 7.01. The van der Waals surface area contributed by atoms with Crippen LogP contribution in [0.2, 0.25) is 0 Å². The topological polar surface area (TPSA) is 86.8 Å². The van der Waals surface area contributed by atoms with Gasteiger partial charge in [0.25, 0.3) is 0 Å². The summed E-state index contributed by atoms with van der Waals surface area (Å²) in [5.74, 6) is 0.454. The molecule has 0 spiro atoms. The van der Waals surface area contributed by atoms with Crippen molar-refractivity contribution in [1.82, 2.24) is 9.97 Å². The molecule has 0 bridgehead atoms. The lowest BCUT2D eigenvalue weighted by molar-refractivity contribution is -0.0291. The van der Waals surface area contributed by atoms with E-state index < -0.39 is 5.60 Å². The van der Waals surface area contributed by atoms with E-state index in [9.17, 15) is 9.90 Å². The summed E-state index contributed by atoms with van der Waals surface area (Å²) < 4.78 is 0. The molecule has 1 aliphatic carbocycles. The number of hydrogen-bond acceptors (Lipinski definition) is 4. The highest BCUT2D eigenvalue weighted by Crippen LogP contribution is 2.43. The molecule has 2 amide bonds. The Morgan fingerprint density at radius 2 is 1.82 bits per heavy atom. The van der Waals surface area contributed by atoms with Gasteiger partial charge in [0.2, 0.25) is 0 Å². The van der Waals surface area contributed by atoms with Crippen molar-refractivity contribution < 1.29 is 9.90 Å². The fourth-order valence-electron chi connectivity index (χ4n) is 3.42. The van der Waals surface area contributed by atoms with Crippen LogP contribution in [0.3, 0.4) is 0 Å². The van der Waals surface area contributed by atoms with E-state index in [-0.39, 0.29) is 6.03 Å². The number of rotatable bonds is 4. The van der Waals surface area contributed by atoms with Crippen LogP contribution >= 0.6 is 11.3 Å². The molecule has 0 atom stereocenters. The van der Waals surface area contributed by atoms with Crippen LogP contribution in [0.15, 0.2) is 48.7 Å². The number of amides is 2. The number of nitrogens with one attached hydrogen (secondary N) is 2. The number of carbonyl (C=O) groups is 1. The molecular weight excluding hydrogens is 372 g/mol. The first-order valence-electron chi connectivity index (χ1n) is 9.31. The zero-order valence-corrected chi connectivity index (χ0v) is 16.4.